The molecule has 1 fully saturated rings. The van der Waals surface area contributed by atoms with Crippen molar-refractivity contribution in [2.45, 2.75) is 24.7 Å². The van der Waals surface area contributed by atoms with Gasteiger partial charge in [0.1, 0.15) is 5.84 Å². The molecular weight excluding hydrogens is 384 g/mol. The fourth-order valence-electron chi connectivity index (χ4n) is 2.61. The maximum atomic E-state index is 12.4. The van der Waals surface area contributed by atoms with Gasteiger partial charge in [0, 0.05) is 37.2 Å². The molecule has 2 heterocycles. The zero-order chi connectivity index (χ0) is 19.4. The van der Waals surface area contributed by atoms with Crippen molar-refractivity contribution < 1.29 is 13.2 Å². The standard InChI is InChI=1S/C18H20N4O3S2/c1-13-19-15(12-26-13)7-10-18(23)20-14-5-8-16(9-6-14)27(24,25)21-17-4-3-11-22(17)2/h5-10,12H,3-4,11H2,1-2H3,(H,20,23)/b10-7+,21-17-. The van der Waals surface area contributed by atoms with E-state index in [-0.39, 0.29) is 10.8 Å². The van der Waals surface area contributed by atoms with Crippen molar-refractivity contribution in [2.24, 2.45) is 4.40 Å². The number of nitrogens with one attached hydrogen (secondary N) is 1. The molecule has 0 aliphatic carbocycles. The van der Waals surface area contributed by atoms with Crippen molar-refractivity contribution in [3.8, 4) is 0 Å². The normalized spacial score (nSPS) is 16.4. The van der Waals surface area contributed by atoms with Gasteiger partial charge in [-0.2, -0.15) is 8.42 Å². The molecule has 2 aromatic rings. The van der Waals surface area contributed by atoms with Gasteiger partial charge >= 0.3 is 0 Å². The SMILES string of the molecule is Cc1nc(/C=C/C(=O)Nc2ccc(S(=O)(=O)/N=C3/CCCN3C)cc2)cs1. The van der Waals surface area contributed by atoms with E-state index >= 15 is 0 Å². The van der Waals surface area contributed by atoms with Crippen LogP contribution in [0.1, 0.15) is 23.5 Å². The molecule has 0 radical (unpaired) electrons. The zero-order valence-electron chi connectivity index (χ0n) is 15.0. The Hall–Kier alpha value is -2.52. The summed E-state index contributed by atoms with van der Waals surface area (Å²) in [5.74, 6) is 0.263. The number of carbonyl (C=O) groups excluding carboxylic acids is 1. The zero-order valence-corrected chi connectivity index (χ0v) is 16.7. The van der Waals surface area contributed by atoms with Crippen molar-refractivity contribution in [3.05, 3.63) is 46.4 Å². The van der Waals surface area contributed by atoms with Gasteiger partial charge in [0.15, 0.2) is 0 Å². The van der Waals surface area contributed by atoms with Gasteiger partial charge in [-0.25, -0.2) is 4.98 Å². The first-order valence-electron chi connectivity index (χ1n) is 8.40. The molecule has 142 valence electrons. The van der Waals surface area contributed by atoms with E-state index in [2.05, 4.69) is 14.7 Å². The number of thiazole rings is 1. The number of aromatic nitrogens is 1. The topological polar surface area (TPSA) is 91.7 Å². The molecule has 0 unspecified atom stereocenters. The molecule has 0 spiro atoms. The molecule has 1 aliphatic heterocycles. The highest BCUT2D eigenvalue weighted by molar-refractivity contribution is 7.90. The number of amides is 1. The predicted molar refractivity (Wildman–Crippen MR) is 107 cm³/mol. The van der Waals surface area contributed by atoms with Crippen LogP contribution >= 0.6 is 11.3 Å². The number of rotatable bonds is 5. The van der Waals surface area contributed by atoms with E-state index in [1.807, 2.05) is 24.3 Å². The van der Waals surface area contributed by atoms with E-state index in [0.29, 0.717) is 17.9 Å². The average Bonchev–Trinajstić information content (AvgIpc) is 3.22. The first kappa shape index (κ1) is 19.2. The van der Waals surface area contributed by atoms with Gasteiger partial charge in [0.05, 0.1) is 15.6 Å². The summed E-state index contributed by atoms with van der Waals surface area (Å²) in [6.07, 6.45) is 4.59. The van der Waals surface area contributed by atoms with Gasteiger partial charge < -0.3 is 10.2 Å². The Kier molecular flexibility index (Phi) is 5.71. The maximum absolute atomic E-state index is 12.4. The minimum atomic E-state index is -3.75. The van der Waals surface area contributed by atoms with Crippen molar-refractivity contribution in [1.82, 2.24) is 9.88 Å². The number of amidine groups is 1. The second kappa shape index (κ2) is 8.01. The van der Waals surface area contributed by atoms with Crippen LogP contribution in [-0.2, 0) is 14.8 Å². The van der Waals surface area contributed by atoms with Crippen LogP contribution in [0.3, 0.4) is 0 Å². The van der Waals surface area contributed by atoms with Crippen molar-refractivity contribution in [1.29, 1.82) is 0 Å². The summed E-state index contributed by atoms with van der Waals surface area (Å²) >= 11 is 1.51. The summed E-state index contributed by atoms with van der Waals surface area (Å²) in [6.45, 7) is 2.71. The fourth-order valence-corrected chi connectivity index (χ4v) is 4.29. The van der Waals surface area contributed by atoms with E-state index in [1.165, 1.54) is 29.5 Å². The van der Waals surface area contributed by atoms with Crippen molar-refractivity contribution in [2.75, 3.05) is 18.9 Å². The summed E-state index contributed by atoms with van der Waals surface area (Å²) in [6, 6.07) is 5.98. The van der Waals surface area contributed by atoms with E-state index in [9.17, 15) is 13.2 Å². The number of likely N-dealkylation sites (tertiary alicyclic amines) is 1. The minimum absolute atomic E-state index is 0.0989. The molecule has 1 saturated heterocycles. The number of carbonyl (C=O) groups is 1. The lowest BCUT2D eigenvalue weighted by Gasteiger charge is -2.11. The van der Waals surface area contributed by atoms with Crippen molar-refractivity contribution >= 4 is 44.9 Å². The highest BCUT2D eigenvalue weighted by atomic mass is 32.2. The predicted octanol–water partition coefficient (Wildman–Crippen LogP) is 2.92. The Morgan fingerprint density at radius 2 is 2.07 bits per heavy atom. The smallest absolute Gasteiger partial charge is 0.283 e. The Labute approximate surface area is 162 Å². The maximum Gasteiger partial charge on any atom is 0.283 e. The molecule has 0 bridgehead atoms. The number of sulfonamides is 1. The summed E-state index contributed by atoms with van der Waals surface area (Å²) < 4.78 is 28.7. The number of benzene rings is 1. The second-order valence-electron chi connectivity index (χ2n) is 6.15. The van der Waals surface area contributed by atoms with Crippen LogP contribution in [0.15, 0.2) is 45.0 Å². The molecular formula is C18H20N4O3S2. The number of aryl methyl sites for hydroxylation is 1. The molecule has 7 nitrogen and oxygen atoms in total. The van der Waals surface area contributed by atoms with Gasteiger partial charge in [-0.3, -0.25) is 4.79 Å². The summed E-state index contributed by atoms with van der Waals surface area (Å²) in [4.78, 5) is 18.2. The third kappa shape index (κ3) is 5.01. The van der Waals surface area contributed by atoms with Crippen LogP contribution in [-0.4, -0.2) is 43.6 Å². The Bertz CT molecular complexity index is 992. The highest BCUT2D eigenvalue weighted by Crippen LogP contribution is 2.19. The minimum Gasteiger partial charge on any atom is -0.362 e. The fraction of sp³-hybridized carbons (Fsp3) is 0.278. The lowest BCUT2D eigenvalue weighted by molar-refractivity contribution is -0.111. The lowest BCUT2D eigenvalue weighted by Crippen LogP contribution is -2.20. The molecule has 0 saturated carbocycles. The molecule has 1 aliphatic rings. The third-order valence-electron chi connectivity index (χ3n) is 4.02. The van der Waals surface area contributed by atoms with Gasteiger partial charge in [-0.15, -0.1) is 15.7 Å². The summed E-state index contributed by atoms with van der Waals surface area (Å²) in [5.41, 5.74) is 1.23. The van der Waals surface area contributed by atoms with Gasteiger partial charge in [-0.05, 0) is 43.7 Å². The Balaban J connectivity index is 1.66. The van der Waals surface area contributed by atoms with Crippen LogP contribution in [0.4, 0.5) is 5.69 Å². The highest BCUT2D eigenvalue weighted by Gasteiger charge is 2.20. The number of hydrogen-bond donors (Lipinski definition) is 1. The number of nitrogens with zero attached hydrogens (tertiary/aromatic N) is 3. The van der Waals surface area contributed by atoms with Crippen LogP contribution in [0, 0.1) is 6.92 Å². The van der Waals surface area contributed by atoms with Gasteiger partial charge in [-0.1, -0.05) is 0 Å². The Morgan fingerprint density at radius 3 is 2.67 bits per heavy atom. The van der Waals surface area contributed by atoms with E-state index < -0.39 is 10.0 Å². The average molecular weight is 405 g/mol. The van der Waals surface area contributed by atoms with E-state index in [4.69, 9.17) is 0 Å². The lowest BCUT2D eigenvalue weighted by atomic mass is 10.3. The molecule has 1 aromatic heterocycles. The largest absolute Gasteiger partial charge is 0.362 e. The summed E-state index contributed by atoms with van der Waals surface area (Å²) in [5, 5.41) is 5.48. The van der Waals surface area contributed by atoms with Gasteiger partial charge in [0.2, 0.25) is 5.91 Å². The molecule has 27 heavy (non-hydrogen) atoms. The molecule has 1 aromatic carbocycles. The third-order valence-corrected chi connectivity index (χ3v) is 6.13. The molecule has 3 rings (SSSR count). The summed E-state index contributed by atoms with van der Waals surface area (Å²) in [7, 11) is -1.92. The van der Waals surface area contributed by atoms with Crippen LogP contribution in [0.5, 0.6) is 0 Å². The van der Waals surface area contributed by atoms with Crippen LogP contribution in [0.2, 0.25) is 0 Å². The Morgan fingerprint density at radius 1 is 1.33 bits per heavy atom. The molecule has 9 heteroatoms. The number of anilines is 1. The molecule has 1 amide bonds. The first-order valence-corrected chi connectivity index (χ1v) is 10.7. The van der Waals surface area contributed by atoms with E-state index in [1.54, 1.807) is 18.2 Å². The molecule has 1 N–H and O–H groups in total. The van der Waals surface area contributed by atoms with Crippen LogP contribution in [0.25, 0.3) is 6.08 Å². The van der Waals surface area contributed by atoms with Gasteiger partial charge in [0.25, 0.3) is 10.0 Å². The van der Waals surface area contributed by atoms with Crippen molar-refractivity contribution in [3.63, 3.8) is 0 Å². The monoisotopic (exact) mass is 404 g/mol. The second-order valence-corrected chi connectivity index (χ2v) is 8.81. The number of hydrogen-bond acceptors (Lipinski definition) is 5. The first-order chi connectivity index (χ1) is 12.8. The van der Waals surface area contributed by atoms with Crippen LogP contribution < -0.4 is 5.32 Å². The molecule has 0 atom stereocenters. The quantitative estimate of drug-likeness (QED) is 0.774. The van der Waals surface area contributed by atoms with E-state index in [0.717, 1.165) is 23.7 Å².